The molecule has 260 valence electrons. The molecule has 0 bridgehead atoms. The summed E-state index contributed by atoms with van der Waals surface area (Å²) in [5.74, 6) is -3.04. The van der Waals surface area contributed by atoms with E-state index in [9.17, 15) is 45.8 Å². The fourth-order valence-corrected chi connectivity index (χ4v) is 4.24. The summed E-state index contributed by atoms with van der Waals surface area (Å²) in [6, 6.07) is 8.61. The van der Waals surface area contributed by atoms with Crippen LogP contribution in [0.15, 0.2) is 60.8 Å². The first kappa shape index (κ1) is 39.4. The molecule has 1 saturated heterocycles. The van der Waals surface area contributed by atoms with Gasteiger partial charge in [-0.15, -0.1) is 0 Å². The van der Waals surface area contributed by atoms with Gasteiger partial charge < -0.3 is 30.4 Å². The summed E-state index contributed by atoms with van der Waals surface area (Å²) in [7, 11) is 3.51. The Bertz CT molecular complexity index is 1560. The van der Waals surface area contributed by atoms with Crippen molar-refractivity contribution in [3.63, 3.8) is 0 Å². The minimum absolute atomic E-state index is 0.0518. The Balaban J connectivity index is 0.000000281. The lowest BCUT2D eigenvalue weighted by Gasteiger charge is -2.32. The number of hydrogen-bond acceptors (Lipinski definition) is 8. The van der Waals surface area contributed by atoms with Crippen molar-refractivity contribution >= 4 is 35.5 Å². The van der Waals surface area contributed by atoms with Crippen LogP contribution in [-0.2, 0) is 28.5 Å². The first-order valence-electron chi connectivity index (χ1n) is 13.7. The maximum Gasteiger partial charge on any atom is 0.416 e. The van der Waals surface area contributed by atoms with E-state index in [0.29, 0.717) is 46.5 Å². The van der Waals surface area contributed by atoms with Gasteiger partial charge in [0.25, 0.3) is 0 Å². The predicted molar refractivity (Wildman–Crippen MR) is 163 cm³/mol. The Morgan fingerprint density at radius 2 is 1.42 bits per heavy atom. The van der Waals surface area contributed by atoms with E-state index in [2.05, 4.69) is 32.1 Å². The van der Waals surface area contributed by atoms with E-state index < -0.39 is 41.4 Å². The van der Waals surface area contributed by atoms with Crippen molar-refractivity contribution in [2.24, 2.45) is 0 Å². The van der Waals surface area contributed by atoms with E-state index in [-0.39, 0.29) is 23.7 Å². The summed E-state index contributed by atoms with van der Waals surface area (Å²) in [6.07, 6.45) is -7.10. The lowest BCUT2D eigenvalue weighted by atomic mass is 10.0. The predicted octanol–water partition coefficient (Wildman–Crippen LogP) is 5.40. The molecule has 0 spiro atoms. The first-order valence-corrected chi connectivity index (χ1v) is 14.1. The number of carbonyl (C=O) groups is 3. The number of halogens is 7. The summed E-state index contributed by atoms with van der Waals surface area (Å²) in [5.41, 5.74) is -1.64. The number of hydrogen-bond donors (Lipinski definition) is 4. The molecular weight excluding hydrogens is 676 g/mol. The number of aromatic nitrogens is 2. The number of aliphatic carboxylic acids is 2. The molecule has 0 atom stereocenters. The molecule has 0 radical (unpaired) electrons. The highest BCUT2D eigenvalue weighted by Crippen LogP contribution is 2.36. The standard InChI is InChI=1S/C16H17ClN4O2.C10H9F6N.C4H4O4/c1-20-6-8-21(9-7-20)16-18-10-12(15(22)23)14(19-16)11-4-2-3-5-13(11)17;1-17-5-6-2-7(9(11,12)13)4-8(3-6)10(14,15)16;5-3(6)1-2-4(7)8/h2-5,10H,6-9H2,1H3,(H,22,23);2-4,17H,5H2,1H3;1-2H,(H,5,6)(H,7,8)/b;;2-1+. The number of anilines is 1. The highest BCUT2D eigenvalue weighted by atomic mass is 35.5. The van der Waals surface area contributed by atoms with E-state index in [1.54, 1.807) is 18.2 Å². The van der Waals surface area contributed by atoms with Gasteiger partial charge in [0.15, 0.2) is 0 Å². The summed E-state index contributed by atoms with van der Waals surface area (Å²) in [6.45, 7) is 3.40. The van der Waals surface area contributed by atoms with Crippen molar-refractivity contribution < 1.29 is 56.0 Å². The molecule has 3 aromatic rings. The summed E-state index contributed by atoms with van der Waals surface area (Å²) < 4.78 is 74.3. The second-order valence-corrected chi connectivity index (χ2v) is 10.4. The monoisotopic (exact) mass is 705 g/mol. The number of carboxylic acids is 3. The third-order valence-corrected chi connectivity index (χ3v) is 6.65. The molecule has 11 nitrogen and oxygen atoms in total. The Morgan fingerprint density at radius 3 is 1.85 bits per heavy atom. The van der Waals surface area contributed by atoms with Crippen molar-refractivity contribution in [2.45, 2.75) is 18.9 Å². The molecule has 4 N–H and O–H groups in total. The number of rotatable bonds is 7. The lowest BCUT2D eigenvalue weighted by molar-refractivity contribution is -0.143. The van der Waals surface area contributed by atoms with E-state index in [1.165, 1.54) is 13.2 Å². The van der Waals surface area contributed by atoms with Gasteiger partial charge >= 0.3 is 30.3 Å². The largest absolute Gasteiger partial charge is 0.478 e. The highest BCUT2D eigenvalue weighted by molar-refractivity contribution is 6.33. The molecule has 1 aliphatic rings. The smallest absolute Gasteiger partial charge is 0.416 e. The van der Waals surface area contributed by atoms with Crippen molar-refractivity contribution in [1.82, 2.24) is 20.2 Å². The molecule has 4 rings (SSSR count). The zero-order chi connectivity index (χ0) is 36.2. The van der Waals surface area contributed by atoms with Gasteiger partial charge in [-0.1, -0.05) is 29.8 Å². The van der Waals surface area contributed by atoms with Gasteiger partial charge in [0.05, 0.1) is 16.8 Å². The molecule has 1 aliphatic heterocycles. The van der Waals surface area contributed by atoms with Gasteiger partial charge in [-0.05, 0) is 43.9 Å². The average Bonchev–Trinajstić information content (AvgIpc) is 3.00. The molecule has 48 heavy (non-hydrogen) atoms. The van der Waals surface area contributed by atoms with Crippen LogP contribution >= 0.6 is 11.6 Å². The number of likely N-dealkylation sites (N-methyl/N-ethyl adjacent to an activating group) is 1. The fraction of sp³-hybridized carbons (Fsp3) is 0.300. The van der Waals surface area contributed by atoms with Crippen LogP contribution < -0.4 is 10.2 Å². The van der Waals surface area contributed by atoms with Crippen LogP contribution in [0.5, 0.6) is 0 Å². The molecule has 18 heteroatoms. The third-order valence-electron chi connectivity index (χ3n) is 6.32. The molecule has 0 amide bonds. The summed E-state index contributed by atoms with van der Waals surface area (Å²) in [5, 5.41) is 28.0. The topological polar surface area (TPSA) is 156 Å². The first-order chi connectivity index (χ1) is 22.3. The molecule has 0 saturated carbocycles. The molecule has 0 unspecified atom stereocenters. The molecule has 0 aliphatic carbocycles. The van der Waals surface area contributed by atoms with E-state index >= 15 is 0 Å². The zero-order valence-corrected chi connectivity index (χ0v) is 26.1. The Hall–Kier alpha value is -4.74. The number of carboxylic acid groups (broad SMARTS) is 3. The molecular formula is C30H30ClF6N5O6. The van der Waals surface area contributed by atoms with Gasteiger partial charge in [-0.25, -0.2) is 24.4 Å². The average molecular weight is 706 g/mol. The van der Waals surface area contributed by atoms with Crippen molar-refractivity contribution in [3.8, 4) is 11.3 Å². The van der Waals surface area contributed by atoms with Gasteiger partial charge in [0.2, 0.25) is 5.95 Å². The van der Waals surface area contributed by atoms with E-state index in [4.69, 9.17) is 21.8 Å². The number of nitrogens with one attached hydrogen (secondary N) is 1. The normalized spacial score (nSPS) is 13.6. The Labute approximate surface area is 275 Å². The number of aromatic carboxylic acids is 1. The molecule has 2 aromatic carbocycles. The maximum atomic E-state index is 12.4. The van der Waals surface area contributed by atoms with Crippen molar-refractivity contribution in [3.05, 3.63) is 88.1 Å². The van der Waals surface area contributed by atoms with Crippen LogP contribution in [0.1, 0.15) is 27.0 Å². The minimum atomic E-state index is -4.79. The SMILES string of the molecule is CN1CCN(c2ncc(C(=O)O)c(-c3ccccc3Cl)n2)CC1.CNCc1cc(C(F)(F)F)cc(C(F)(F)F)c1.O=C(O)/C=C/C(=O)O. The van der Waals surface area contributed by atoms with Crippen LogP contribution in [0.25, 0.3) is 11.3 Å². The second kappa shape index (κ2) is 17.4. The van der Waals surface area contributed by atoms with E-state index in [1.807, 2.05) is 6.07 Å². The third kappa shape index (κ3) is 12.5. The van der Waals surface area contributed by atoms with E-state index in [0.717, 1.165) is 26.2 Å². The van der Waals surface area contributed by atoms with Crippen LogP contribution in [0, 0.1) is 0 Å². The number of alkyl halides is 6. The van der Waals surface area contributed by atoms with Crippen LogP contribution in [-0.4, -0.2) is 88.4 Å². The van der Waals surface area contributed by atoms with Crippen molar-refractivity contribution in [1.29, 1.82) is 0 Å². The van der Waals surface area contributed by atoms with Crippen LogP contribution in [0.2, 0.25) is 5.02 Å². The summed E-state index contributed by atoms with van der Waals surface area (Å²) >= 11 is 6.22. The lowest BCUT2D eigenvalue weighted by Crippen LogP contribution is -2.45. The Morgan fingerprint density at radius 1 is 0.896 bits per heavy atom. The minimum Gasteiger partial charge on any atom is -0.478 e. The van der Waals surface area contributed by atoms with Crippen LogP contribution in [0.4, 0.5) is 32.3 Å². The fourth-order valence-electron chi connectivity index (χ4n) is 4.01. The number of piperazine rings is 1. The number of nitrogens with zero attached hydrogens (tertiary/aromatic N) is 4. The number of benzene rings is 2. The summed E-state index contributed by atoms with van der Waals surface area (Å²) in [4.78, 5) is 43.6. The Kier molecular flexibility index (Phi) is 14.3. The van der Waals surface area contributed by atoms with Crippen LogP contribution in [0.3, 0.4) is 0 Å². The van der Waals surface area contributed by atoms with Gasteiger partial charge in [-0.2, -0.15) is 26.3 Å². The zero-order valence-electron chi connectivity index (χ0n) is 25.3. The highest BCUT2D eigenvalue weighted by Gasteiger charge is 2.36. The van der Waals surface area contributed by atoms with Gasteiger partial charge in [0.1, 0.15) is 5.56 Å². The second-order valence-electron chi connectivity index (χ2n) is 9.96. The van der Waals surface area contributed by atoms with Crippen molar-refractivity contribution in [2.75, 3.05) is 45.2 Å². The molecule has 1 aromatic heterocycles. The van der Waals surface area contributed by atoms with Gasteiger partial charge in [-0.3, -0.25) is 0 Å². The quantitative estimate of drug-likeness (QED) is 0.184. The maximum absolute atomic E-state index is 12.4. The molecule has 1 fully saturated rings. The molecule has 2 heterocycles. The van der Waals surface area contributed by atoms with Gasteiger partial charge in [0, 0.05) is 61.7 Å².